The average molecular weight is 345 g/mol. The van der Waals surface area contributed by atoms with Crippen LogP contribution in [0.5, 0.6) is 0 Å². The molecule has 2 unspecified atom stereocenters. The number of nitrogens with one attached hydrogen (secondary N) is 1. The first-order valence-corrected chi connectivity index (χ1v) is 10.0. The number of amides is 1. The molecular formula is C22H36N2O. The van der Waals surface area contributed by atoms with Gasteiger partial charge in [0.15, 0.2) is 0 Å². The summed E-state index contributed by atoms with van der Waals surface area (Å²) >= 11 is 0. The molecule has 0 spiro atoms. The summed E-state index contributed by atoms with van der Waals surface area (Å²) in [7, 11) is 0. The normalized spacial score (nSPS) is 21.8. The standard InChI is InChI=1S/C22H36N2O/c1-8-18-17(7)22(9-2,10-3)24(14-21(25)23-11-4)20-13-16(6)15(5)12-19(18)20/h12-13,17-18H,8-11,14H2,1-7H3,(H,23,25). The topological polar surface area (TPSA) is 32.3 Å². The molecule has 1 aromatic carbocycles. The largest absolute Gasteiger partial charge is 0.356 e. The first-order valence-electron chi connectivity index (χ1n) is 10.0. The molecule has 0 radical (unpaired) electrons. The van der Waals surface area contributed by atoms with Gasteiger partial charge in [0, 0.05) is 17.8 Å². The third-order valence-electron chi connectivity index (χ3n) is 6.66. The number of aryl methyl sites for hydroxylation is 2. The molecule has 1 aromatic rings. The highest BCUT2D eigenvalue weighted by molar-refractivity contribution is 5.83. The Kier molecular flexibility index (Phi) is 6.18. The van der Waals surface area contributed by atoms with E-state index >= 15 is 0 Å². The van der Waals surface area contributed by atoms with Crippen LogP contribution < -0.4 is 10.2 Å². The van der Waals surface area contributed by atoms with Crippen LogP contribution >= 0.6 is 0 Å². The molecule has 1 N–H and O–H groups in total. The fourth-order valence-electron chi connectivity index (χ4n) is 4.97. The zero-order chi connectivity index (χ0) is 18.8. The molecule has 25 heavy (non-hydrogen) atoms. The maximum absolute atomic E-state index is 12.5. The summed E-state index contributed by atoms with van der Waals surface area (Å²) in [6.45, 7) is 16.8. The molecule has 0 fully saturated rings. The molecule has 1 aliphatic heterocycles. The van der Waals surface area contributed by atoms with Gasteiger partial charge in [-0.15, -0.1) is 0 Å². The predicted octanol–water partition coefficient (Wildman–Crippen LogP) is 4.95. The average Bonchev–Trinajstić information content (AvgIpc) is 2.58. The fourth-order valence-corrected chi connectivity index (χ4v) is 4.97. The molecule has 3 nitrogen and oxygen atoms in total. The van der Waals surface area contributed by atoms with Crippen molar-refractivity contribution in [3.8, 4) is 0 Å². The number of rotatable bonds is 6. The van der Waals surface area contributed by atoms with Crippen LogP contribution in [-0.2, 0) is 4.79 Å². The SMILES string of the molecule is CCNC(=O)CN1c2cc(C)c(C)cc2C(CC)C(C)C1(CC)CC. The lowest BCUT2D eigenvalue weighted by molar-refractivity contribution is -0.120. The highest BCUT2D eigenvalue weighted by Crippen LogP contribution is 2.51. The number of nitrogens with zero attached hydrogens (tertiary/aromatic N) is 1. The Balaban J connectivity index is 2.65. The van der Waals surface area contributed by atoms with Crippen LogP contribution in [0.15, 0.2) is 12.1 Å². The first-order chi connectivity index (χ1) is 11.9. The highest BCUT2D eigenvalue weighted by Gasteiger charge is 2.47. The number of hydrogen-bond acceptors (Lipinski definition) is 2. The van der Waals surface area contributed by atoms with Gasteiger partial charge >= 0.3 is 0 Å². The number of anilines is 1. The summed E-state index contributed by atoms with van der Waals surface area (Å²) in [5.74, 6) is 1.20. The fraction of sp³-hybridized carbons (Fsp3) is 0.682. The number of benzene rings is 1. The summed E-state index contributed by atoms with van der Waals surface area (Å²) in [4.78, 5) is 14.9. The minimum absolute atomic E-state index is 0.0421. The lowest BCUT2D eigenvalue weighted by Gasteiger charge is -2.55. The van der Waals surface area contributed by atoms with Gasteiger partial charge in [0.1, 0.15) is 0 Å². The van der Waals surface area contributed by atoms with Gasteiger partial charge in [-0.1, -0.05) is 33.8 Å². The first kappa shape index (κ1) is 19.8. The second-order valence-corrected chi connectivity index (χ2v) is 7.65. The maximum atomic E-state index is 12.5. The summed E-state index contributed by atoms with van der Waals surface area (Å²) < 4.78 is 0. The van der Waals surface area contributed by atoms with Crippen LogP contribution in [0.25, 0.3) is 0 Å². The second kappa shape index (κ2) is 7.80. The molecular weight excluding hydrogens is 308 g/mol. The van der Waals surface area contributed by atoms with Crippen LogP contribution in [-0.4, -0.2) is 24.5 Å². The van der Waals surface area contributed by atoms with Gasteiger partial charge in [0.05, 0.1) is 6.54 Å². The minimum atomic E-state index is 0.0421. The maximum Gasteiger partial charge on any atom is 0.239 e. The summed E-state index contributed by atoms with van der Waals surface area (Å²) in [5.41, 5.74) is 5.41. The van der Waals surface area contributed by atoms with E-state index in [0.717, 1.165) is 19.3 Å². The molecule has 0 aliphatic carbocycles. The molecule has 3 heteroatoms. The molecule has 2 rings (SSSR count). The molecule has 140 valence electrons. The van der Waals surface area contributed by atoms with Gasteiger partial charge in [0.2, 0.25) is 5.91 Å². The van der Waals surface area contributed by atoms with Crippen molar-refractivity contribution in [1.82, 2.24) is 5.32 Å². The Morgan fingerprint density at radius 2 is 1.72 bits per heavy atom. The van der Waals surface area contributed by atoms with E-state index in [1.54, 1.807) is 0 Å². The number of carbonyl (C=O) groups excluding carboxylic acids is 1. The van der Waals surface area contributed by atoms with E-state index in [1.807, 2.05) is 6.92 Å². The molecule has 1 amide bonds. The molecule has 1 aliphatic rings. The Morgan fingerprint density at radius 1 is 1.12 bits per heavy atom. The van der Waals surface area contributed by atoms with Gasteiger partial charge in [-0.2, -0.15) is 0 Å². The van der Waals surface area contributed by atoms with Crippen molar-refractivity contribution < 1.29 is 4.79 Å². The highest BCUT2D eigenvalue weighted by atomic mass is 16.2. The van der Waals surface area contributed by atoms with E-state index in [9.17, 15) is 4.79 Å². The number of hydrogen-bond donors (Lipinski definition) is 1. The lowest BCUT2D eigenvalue weighted by Crippen LogP contribution is -2.59. The van der Waals surface area contributed by atoms with Crippen molar-refractivity contribution in [2.24, 2.45) is 5.92 Å². The molecule has 0 saturated heterocycles. The Labute approximate surface area is 154 Å². The van der Waals surface area contributed by atoms with Crippen LogP contribution in [0.1, 0.15) is 76.5 Å². The smallest absolute Gasteiger partial charge is 0.239 e. The number of fused-ring (bicyclic) bond motifs is 1. The van der Waals surface area contributed by atoms with Crippen LogP contribution in [0.3, 0.4) is 0 Å². The molecule has 1 heterocycles. The van der Waals surface area contributed by atoms with E-state index in [0.29, 0.717) is 24.9 Å². The van der Waals surface area contributed by atoms with E-state index in [4.69, 9.17) is 0 Å². The molecule has 0 bridgehead atoms. The summed E-state index contributed by atoms with van der Waals surface area (Å²) in [6, 6.07) is 4.69. The van der Waals surface area contributed by atoms with Gasteiger partial charge < -0.3 is 10.2 Å². The van der Waals surface area contributed by atoms with Crippen molar-refractivity contribution in [3.05, 3.63) is 28.8 Å². The van der Waals surface area contributed by atoms with Gasteiger partial charge in [-0.25, -0.2) is 0 Å². The van der Waals surface area contributed by atoms with Crippen molar-refractivity contribution in [3.63, 3.8) is 0 Å². The molecule has 0 aromatic heterocycles. The monoisotopic (exact) mass is 344 g/mol. The third-order valence-corrected chi connectivity index (χ3v) is 6.66. The number of likely N-dealkylation sites (N-methyl/N-ethyl adjacent to an activating group) is 1. The zero-order valence-electron chi connectivity index (χ0n) is 17.2. The molecule has 2 atom stereocenters. The Bertz CT molecular complexity index is 619. The van der Waals surface area contributed by atoms with Crippen LogP contribution in [0.2, 0.25) is 0 Å². The van der Waals surface area contributed by atoms with Crippen molar-refractivity contribution in [2.75, 3.05) is 18.0 Å². The lowest BCUT2D eigenvalue weighted by atomic mass is 9.65. The summed E-state index contributed by atoms with van der Waals surface area (Å²) in [6.07, 6.45) is 3.27. The third kappa shape index (κ3) is 3.30. The Hall–Kier alpha value is -1.51. The van der Waals surface area contributed by atoms with E-state index in [-0.39, 0.29) is 11.4 Å². The summed E-state index contributed by atoms with van der Waals surface area (Å²) in [5, 5.41) is 3.00. The quantitative estimate of drug-likeness (QED) is 0.792. The minimum Gasteiger partial charge on any atom is -0.356 e. The Morgan fingerprint density at radius 3 is 2.24 bits per heavy atom. The van der Waals surface area contributed by atoms with Crippen molar-refractivity contribution >= 4 is 11.6 Å². The van der Waals surface area contributed by atoms with E-state index in [2.05, 4.69) is 63.9 Å². The van der Waals surface area contributed by atoms with Crippen molar-refractivity contribution in [2.45, 2.75) is 79.2 Å². The molecule has 0 saturated carbocycles. The van der Waals surface area contributed by atoms with E-state index < -0.39 is 0 Å². The van der Waals surface area contributed by atoms with Gasteiger partial charge in [-0.3, -0.25) is 4.79 Å². The number of carbonyl (C=O) groups is 1. The van der Waals surface area contributed by atoms with Gasteiger partial charge in [0.25, 0.3) is 0 Å². The van der Waals surface area contributed by atoms with E-state index in [1.165, 1.54) is 22.4 Å². The van der Waals surface area contributed by atoms with Crippen LogP contribution in [0.4, 0.5) is 5.69 Å². The zero-order valence-corrected chi connectivity index (χ0v) is 17.2. The van der Waals surface area contributed by atoms with Gasteiger partial charge in [-0.05, 0) is 74.6 Å². The predicted molar refractivity (Wildman–Crippen MR) is 107 cm³/mol. The second-order valence-electron chi connectivity index (χ2n) is 7.65. The van der Waals surface area contributed by atoms with Crippen LogP contribution in [0, 0.1) is 19.8 Å². The van der Waals surface area contributed by atoms with Crippen molar-refractivity contribution in [1.29, 1.82) is 0 Å².